The Labute approximate surface area is 135 Å². The lowest BCUT2D eigenvalue weighted by Gasteiger charge is -2.15. The maximum atomic E-state index is 5.88. The number of hydrogen-bond acceptors (Lipinski definition) is 2. The molecular weight excluding hydrogens is 302 g/mol. The van der Waals surface area contributed by atoms with Gasteiger partial charge in [0.25, 0.3) is 0 Å². The van der Waals surface area contributed by atoms with Crippen molar-refractivity contribution < 1.29 is 0 Å². The molecule has 0 aliphatic carbocycles. The van der Waals surface area contributed by atoms with Crippen molar-refractivity contribution in [3.05, 3.63) is 57.2 Å². The predicted molar refractivity (Wildman–Crippen MR) is 92.4 cm³/mol. The summed E-state index contributed by atoms with van der Waals surface area (Å²) in [4.78, 5) is 4.24. The van der Waals surface area contributed by atoms with Gasteiger partial charge < -0.3 is 10.6 Å². The number of rotatable bonds is 5. The van der Waals surface area contributed by atoms with Crippen LogP contribution in [0.4, 0.5) is 0 Å². The topological polar surface area (TPSA) is 36.4 Å². The summed E-state index contributed by atoms with van der Waals surface area (Å²) >= 11 is 7.61. The molecule has 1 atom stereocenters. The van der Waals surface area contributed by atoms with Crippen LogP contribution in [0.2, 0.25) is 5.02 Å². The molecule has 1 aromatic heterocycles. The van der Waals surface area contributed by atoms with Gasteiger partial charge in [-0.25, -0.2) is 0 Å². The smallest absolute Gasteiger partial charge is 0.191 e. The van der Waals surface area contributed by atoms with Crippen LogP contribution in [0, 0.1) is 0 Å². The van der Waals surface area contributed by atoms with Gasteiger partial charge in [0.05, 0.1) is 0 Å². The van der Waals surface area contributed by atoms with E-state index < -0.39 is 0 Å². The second-order valence-electron chi connectivity index (χ2n) is 4.89. The van der Waals surface area contributed by atoms with E-state index in [9.17, 15) is 0 Å². The molecule has 0 aliphatic heterocycles. The van der Waals surface area contributed by atoms with Crippen molar-refractivity contribution in [2.75, 3.05) is 13.6 Å². The molecule has 0 saturated heterocycles. The fourth-order valence-corrected chi connectivity index (χ4v) is 2.84. The van der Waals surface area contributed by atoms with Crippen LogP contribution in [-0.4, -0.2) is 19.6 Å². The maximum absolute atomic E-state index is 5.88. The highest BCUT2D eigenvalue weighted by Crippen LogP contribution is 2.17. The number of guanidine groups is 1. The van der Waals surface area contributed by atoms with Crippen LogP contribution >= 0.6 is 22.9 Å². The van der Waals surface area contributed by atoms with E-state index in [1.165, 1.54) is 11.1 Å². The van der Waals surface area contributed by atoms with Crippen LogP contribution in [0.25, 0.3) is 0 Å². The minimum atomic E-state index is 0.463. The number of nitrogens with one attached hydrogen (secondary N) is 2. The summed E-state index contributed by atoms with van der Waals surface area (Å²) in [5.41, 5.74) is 2.54. The Bertz CT molecular complexity index is 564. The number of benzene rings is 1. The molecule has 2 rings (SSSR count). The summed E-state index contributed by atoms with van der Waals surface area (Å²) in [7, 11) is 1.78. The van der Waals surface area contributed by atoms with Crippen LogP contribution in [0.3, 0.4) is 0 Å². The number of hydrogen-bond donors (Lipinski definition) is 2. The molecule has 1 unspecified atom stereocenters. The van der Waals surface area contributed by atoms with E-state index in [0.717, 1.165) is 24.1 Å². The van der Waals surface area contributed by atoms with Gasteiger partial charge in [-0.1, -0.05) is 30.7 Å². The fraction of sp³-hybridized carbons (Fsp3) is 0.312. The lowest BCUT2D eigenvalue weighted by Crippen LogP contribution is -2.38. The summed E-state index contributed by atoms with van der Waals surface area (Å²) in [5.74, 6) is 1.28. The number of aliphatic imine (C=N–C) groups is 1. The first kappa shape index (κ1) is 15.9. The van der Waals surface area contributed by atoms with E-state index in [4.69, 9.17) is 11.6 Å². The third-order valence-electron chi connectivity index (χ3n) is 3.28. The summed E-state index contributed by atoms with van der Waals surface area (Å²) in [6, 6.07) is 9.98. The van der Waals surface area contributed by atoms with Crippen LogP contribution in [-0.2, 0) is 6.54 Å². The predicted octanol–water partition coefficient (Wildman–Crippen LogP) is 3.87. The molecule has 0 amide bonds. The molecule has 0 fully saturated rings. The van der Waals surface area contributed by atoms with Crippen LogP contribution < -0.4 is 10.6 Å². The zero-order chi connectivity index (χ0) is 15.1. The minimum absolute atomic E-state index is 0.463. The molecule has 0 bridgehead atoms. The molecule has 0 aliphatic rings. The van der Waals surface area contributed by atoms with Gasteiger partial charge in [0.15, 0.2) is 5.96 Å². The molecule has 2 N–H and O–H groups in total. The number of thiophene rings is 1. The summed E-state index contributed by atoms with van der Waals surface area (Å²) in [6.07, 6.45) is 0. The molecule has 5 heteroatoms. The second-order valence-corrected chi connectivity index (χ2v) is 6.11. The Morgan fingerprint density at radius 1 is 1.24 bits per heavy atom. The van der Waals surface area contributed by atoms with E-state index in [-0.39, 0.29) is 0 Å². The molecule has 0 radical (unpaired) electrons. The first-order valence-corrected chi connectivity index (χ1v) is 8.22. The van der Waals surface area contributed by atoms with Crippen LogP contribution in [0.15, 0.2) is 46.1 Å². The maximum Gasteiger partial charge on any atom is 0.191 e. The zero-order valence-electron chi connectivity index (χ0n) is 12.3. The normalized spacial score (nSPS) is 13.0. The highest BCUT2D eigenvalue weighted by atomic mass is 35.5. The van der Waals surface area contributed by atoms with Gasteiger partial charge in [-0.3, -0.25) is 4.99 Å². The Morgan fingerprint density at radius 2 is 2.00 bits per heavy atom. The average molecular weight is 322 g/mol. The number of nitrogens with zero attached hydrogens (tertiary/aromatic N) is 1. The van der Waals surface area contributed by atoms with E-state index in [1.807, 2.05) is 24.3 Å². The van der Waals surface area contributed by atoms with Crippen LogP contribution in [0.1, 0.15) is 24.0 Å². The highest BCUT2D eigenvalue weighted by molar-refractivity contribution is 7.07. The average Bonchev–Trinajstić information content (AvgIpc) is 3.03. The summed E-state index contributed by atoms with van der Waals surface area (Å²) in [6.45, 7) is 3.79. The zero-order valence-corrected chi connectivity index (χ0v) is 13.8. The Morgan fingerprint density at radius 3 is 2.62 bits per heavy atom. The quantitative estimate of drug-likeness (QED) is 0.648. The highest BCUT2D eigenvalue weighted by Gasteiger charge is 2.06. The Hall–Kier alpha value is -1.52. The van der Waals surface area contributed by atoms with Gasteiger partial charge in [0.2, 0.25) is 0 Å². The van der Waals surface area contributed by atoms with E-state index >= 15 is 0 Å². The second kappa shape index (κ2) is 8.05. The van der Waals surface area contributed by atoms with Gasteiger partial charge in [0, 0.05) is 25.2 Å². The SMILES string of the molecule is CN=C(NCc1ccc(Cl)cc1)NCC(C)c1ccsc1. The van der Waals surface area contributed by atoms with Gasteiger partial charge in [0.1, 0.15) is 0 Å². The largest absolute Gasteiger partial charge is 0.356 e. The lowest BCUT2D eigenvalue weighted by atomic mass is 10.1. The van der Waals surface area contributed by atoms with Crippen molar-refractivity contribution in [3.8, 4) is 0 Å². The van der Waals surface area contributed by atoms with Gasteiger partial charge in [-0.05, 0) is 46.0 Å². The Kier molecular flexibility index (Phi) is 6.08. The molecular formula is C16H20ClN3S. The van der Waals surface area contributed by atoms with Crippen molar-refractivity contribution in [3.63, 3.8) is 0 Å². The molecule has 1 heterocycles. The molecule has 0 saturated carbocycles. The van der Waals surface area contributed by atoms with E-state index in [0.29, 0.717) is 5.92 Å². The third-order valence-corrected chi connectivity index (χ3v) is 4.24. The molecule has 3 nitrogen and oxygen atoms in total. The van der Waals surface area contributed by atoms with Gasteiger partial charge >= 0.3 is 0 Å². The van der Waals surface area contributed by atoms with E-state index in [2.05, 4.69) is 39.4 Å². The first-order valence-electron chi connectivity index (χ1n) is 6.90. The van der Waals surface area contributed by atoms with Crippen molar-refractivity contribution >= 4 is 28.9 Å². The van der Waals surface area contributed by atoms with Crippen molar-refractivity contribution in [1.29, 1.82) is 0 Å². The molecule has 112 valence electrons. The molecule has 1 aromatic carbocycles. The van der Waals surface area contributed by atoms with E-state index in [1.54, 1.807) is 18.4 Å². The molecule has 21 heavy (non-hydrogen) atoms. The van der Waals surface area contributed by atoms with Crippen LogP contribution in [0.5, 0.6) is 0 Å². The summed E-state index contributed by atoms with van der Waals surface area (Å²) < 4.78 is 0. The van der Waals surface area contributed by atoms with Crippen molar-refractivity contribution in [2.24, 2.45) is 4.99 Å². The lowest BCUT2D eigenvalue weighted by molar-refractivity contribution is 0.701. The fourth-order valence-electron chi connectivity index (χ4n) is 1.93. The summed E-state index contributed by atoms with van der Waals surface area (Å²) in [5, 5.41) is 11.7. The van der Waals surface area contributed by atoms with Gasteiger partial charge in [-0.2, -0.15) is 11.3 Å². The number of halogens is 1. The third kappa shape index (κ3) is 5.06. The van der Waals surface area contributed by atoms with Gasteiger partial charge in [-0.15, -0.1) is 0 Å². The monoisotopic (exact) mass is 321 g/mol. The standard InChI is InChI=1S/C16H20ClN3S/c1-12(14-7-8-21-11-14)9-19-16(18-2)20-10-13-3-5-15(17)6-4-13/h3-8,11-12H,9-10H2,1-2H3,(H2,18,19,20). The minimum Gasteiger partial charge on any atom is -0.356 e. The van der Waals surface area contributed by atoms with Crippen molar-refractivity contribution in [1.82, 2.24) is 10.6 Å². The first-order chi connectivity index (χ1) is 10.2. The molecule has 2 aromatic rings. The molecule has 0 spiro atoms. The van der Waals surface area contributed by atoms with Crippen molar-refractivity contribution in [2.45, 2.75) is 19.4 Å². The Balaban J connectivity index is 1.79.